The highest BCUT2D eigenvalue weighted by Gasteiger charge is 2.34. The molecule has 2 heterocycles. The van der Waals surface area contributed by atoms with Crippen molar-refractivity contribution < 1.29 is 9.53 Å². The van der Waals surface area contributed by atoms with E-state index in [2.05, 4.69) is 10.2 Å². The normalized spacial score (nSPS) is 25.2. The average molecular weight is 368 g/mol. The van der Waals surface area contributed by atoms with Gasteiger partial charge in [0.25, 0.3) is 0 Å². The maximum Gasteiger partial charge on any atom is 0.222 e. The van der Waals surface area contributed by atoms with Gasteiger partial charge in [-0.3, -0.25) is 9.89 Å². The Labute approximate surface area is 160 Å². The van der Waals surface area contributed by atoms with E-state index < -0.39 is 0 Å². The molecule has 27 heavy (non-hydrogen) atoms. The zero-order valence-electron chi connectivity index (χ0n) is 15.9. The number of amides is 1. The third-order valence-electron chi connectivity index (χ3n) is 5.75. The fourth-order valence-electron chi connectivity index (χ4n) is 4.19. The van der Waals surface area contributed by atoms with E-state index in [0.717, 1.165) is 62.6 Å². The number of aromatic nitrogens is 3. The van der Waals surface area contributed by atoms with E-state index >= 15 is 0 Å². The molecule has 1 N–H and O–H groups in total. The predicted octanol–water partition coefficient (Wildman–Crippen LogP) is 3.38. The van der Waals surface area contributed by atoms with Gasteiger partial charge >= 0.3 is 0 Å². The molecule has 2 aliphatic rings. The van der Waals surface area contributed by atoms with Crippen molar-refractivity contribution in [3.63, 3.8) is 0 Å². The lowest BCUT2D eigenvalue weighted by Gasteiger charge is -2.37. The molecule has 1 atom stereocenters. The van der Waals surface area contributed by atoms with E-state index in [-0.39, 0.29) is 11.8 Å². The van der Waals surface area contributed by atoms with Crippen molar-refractivity contribution >= 4 is 5.91 Å². The highest BCUT2D eigenvalue weighted by molar-refractivity contribution is 5.76. The number of ether oxygens (including phenoxy) is 1. The number of rotatable bonds is 6. The van der Waals surface area contributed by atoms with Gasteiger partial charge in [0.05, 0.1) is 6.10 Å². The number of hydrogen-bond donors (Lipinski definition) is 1. The minimum Gasteiger partial charge on any atom is -0.378 e. The number of hydrogen-bond acceptors (Lipinski definition) is 4. The molecule has 2 aromatic rings. The van der Waals surface area contributed by atoms with Crippen molar-refractivity contribution in [2.45, 2.75) is 51.0 Å². The number of benzene rings is 1. The molecule has 4 rings (SSSR count). The number of aromatic amines is 1. The Kier molecular flexibility index (Phi) is 5.53. The first-order valence-corrected chi connectivity index (χ1v) is 10.1. The summed E-state index contributed by atoms with van der Waals surface area (Å²) in [4.78, 5) is 19.4. The van der Waals surface area contributed by atoms with Gasteiger partial charge in [0.1, 0.15) is 5.82 Å². The number of piperidine rings is 1. The van der Waals surface area contributed by atoms with Crippen LogP contribution in [0.2, 0.25) is 0 Å². The molecular formula is C21H28N4O2. The van der Waals surface area contributed by atoms with Crippen molar-refractivity contribution in [1.29, 1.82) is 0 Å². The number of nitrogens with one attached hydrogen (secondary N) is 1. The van der Waals surface area contributed by atoms with Gasteiger partial charge < -0.3 is 9.64 Å². The van der Waals surface area contributed by atoms with Crippen LogP contribution in [0.15, 0.2) is 30.3 Å². The van der Waals surface area contributed by atoms with Crippen LogP contribution in [0.5, 0.6) is 0 Å². The highest BCUT2D eigenvalue weighted by Crippen LogP contribution is 2.34. The first-order valence-electron chi connectivity index (χ1n) is 10.1. The molecule has 1 aromatic heterocycles. The number of carbonyl (C=O) groups is 1. The lowest BCUT2D eigenvalue weighted by Crippen LogP contribution is -2.42. The Balaban J connectivity index is 1.33. The summed E-state index contributed by atoms with van der Waals surface area (Å²) in [5.41, 5.74) is 1.01. The molecule has 6 heteroatoms. The van der Waals surface area contributed by atoms with E-state index in [1.807, 2.05) is 42.2 Å². The van der Waals surface area contributed by atoms with Crippen LogP contribution in [-0.4, -0.2) is 51.8 Å². The standard InChI is InChI=1S/C21H28N4O2/c1-2-27-18-11-15(12-18)13-19(26)25-10-6-9-17(14-25)21-22-20(23-24-21)16-7-4-3-5-8-16/h3-5,7-8,15,17-18H,2,6,9-14H2,1H3,(H,22,23,24). The second kappa shape index (κ2) is 8.21. The summed E-state index contributed by atoms with van der Waals surface area (Å²) < 4.78 is 5.60. The van der Waals surface area contributed by atoms with Crippen LogP contribution in [0.1, 0.15) is 50.8 Å². The Morgan fingerprint density at radius 1 is 1.30 bits per heavy atom. The molecule has 2 fully saturated rings. The van der Waals surface area contributed by atoms with Crippen LogP contribution in [0.4, 0.5) is 0 Å². The summed E-state index contributed by atoms with van der Waals surface area (Å²) in [6.07, 6.45) is 5.14. The van der Waals surface area contributed by atoms with Crippen molar-refractivity contribution in [2.24, 2.45) is 5.92 Å². The van der Waals surface area contributed by atoms with Gasteiger partial charge in [0.2, 0.25) is 5.91 Å². The predicted molar refractivity (Wildman–Crippen MR) is 103 cm³/mol. The minimum absolute atomic E-state index is 0.241. The van der Waals surface area contributed by atoms with Crippen molar-refractivity contribution in [1.82, 2.24) is 20.1 Å². The smallest absolute Gasteiger partial charge is 0.222 e. The van der Waals surface area contributed by atoms with Crippen LogP contribution >= 0.6 is 0 Å². The maximum absolute atomic E-state index is 12.7. The molecule has 1 saturated heterocycles. The number of nitrogens with zero attached hydrogens (tertiary/aromatic N) is 3. The highest BCUT2D eigenvalue weighted by atomic mass is 16.5. The SMILES string of the molecule is CCOC1CC(CC(=O)N2CCCC(c3nc(-c4ccccc4)n[nH]3)C2)C1. The Morgan fingerprint density at radius 2 is 2.11 bits per heavy atom. The third-order valence-corrected chi connectivity index (χ3v) is 5.75. The number of H-pyrrole nitrogens is 1. The molecule has 1 aliphatic carbocycles. The summed E-state index contributed by atoms with van der Waals surface area (Å²) in [6.45, 7) is 4.39. The van der Waals surface area contributed by atoms with E-state index in [1.165, 1.54) is 0 Å². The van der Waals surface area contributed by atoms with Gasteiger partial charge in [0, 0.05) is 37.6 Å². The summed E-state index contributed by atoms with van der Waals surface area (Å²) >= 11 is 0. The zero-order valence-corrected chi connectivity index (χ0v) is 15.9. The number of carbonyl (C=O) groups excluding carboxylic acids is 1. The Bertz CT molecular complexity index is 755. The van der Waals surface area contributed by atoms with E-state index in [0.29, 0.717) is 18.4 Å². The summed E-state index contributed by atoms with van der Waals surface area (Å²) in [6, 6.07) is 9.99. The largest absolute Gasteiger partial charge is 0.378 e. The van der Waals surface area contributed by atoms with Crippen molar-refractivity contribution in [3.8, 4) is 11.4 Å². The second-order valence-corrected chi connectivity index (χ2v) is 7.71. The summed E-state index contributed by atoms with van der Waals surface area (Å²) in [5, 5.41) is 7.48. The van der Waals surface area contributed by atoms with Crippen molar-refractivity contribution in [2.75, 3.05) is 19.7 Å². The van der Waals surface area contributed by atoms with Crippen LogP contribution in [0.25, 0.3) is 11.4 Å². The first-order chi connectivity index (χ1) is 13.2. The molecular weight excluding hydrogens is 340 g/mol. The molecule has 1 aromatic carbocycles. The lowest BCUT2D eigenvalue weighted by molar-refractivity contribution is -0.135. The van der Waals surface area contributed by atoms with Crippen LogP contribution < -0.4 is 0 Å². The van der Waals surface area contributed by atoms with E-state index in [9.17, 15) is 4.79 Å². The minimum atomic E-state index is 0.241. The molecule has 1 amide bonds. The van der Waals surface area contributed by atoms with Crippen LogP contribution in [0, 0.1) is 5.92 Å². The number of likely N-dealkylation sites (tertiary alicyclic amines) is 1. The maximum atomic E-state index is 12.7. The Morgan fingerprint density at radius 3 is 2.89 bits per heavy atom. The summed E-state index contributed by atoms with van der Waals surface area (Å²) in [7, 11) is 0. The van der Waals surface area contributed by atoms with Gasteiger partial charge in [-0.05, 0) is 38.5 Å². The van der Waals surface area contributed by atoms with Gasteiger partial charge in [-0.1, -0.05) is 30.3 Å². The van der Waals surface area contributed by atoms with Gasteiger partial charge in [-0.25, -0.2) is 4.98 Å². The molecule has 0 bridgehead atoms. The molecule has 0 radical (unpaired) electrons. The fraction of sp³-hybridized carbons (Fsp3) is 0.571. The van der Waals surface area contributed by atoms with E-state index in [1.54, 1.807) is 0 Å². The molecule has 1 aliphatic heterocycles. The molecule has 6 nitrogen and oxygen atoms in total. The zero-order chi connectivity index (χ0) is 18.6. The first kappa shape index (κ1) is 18.2. The molecule has 144 valence electrons. The van der Waals surface area contributed by atoms with Crippen LogP contribution in [-0.2, 0) is 9.53 Å². The quantitative estimate of drug-likeness (QED) is 0.848. The van der Waals surface area contributed by atoms with Crippen LogP contribution in [0.3, 0.4) is 0 Å². The third kappa shape index (κ3) is 4.21. The molecule has 0 spiro atoms. The fourth-order valence-corrected chi connectivity index (χ4v) is 4.19. The monoisotopic (exact) mass is 368 g/mol. The molecule has 1 unspecified atom stereocenters. The topological polar surface area (TPSA) is 71.1 Å². The average Bonchev–Trinajstić information content (AvgIpc) is 3.17. The van der Waals surface area contributed by atoms with Crippen molar-refractivity contribution in [3.05, 3.63) is 36.2 Å². The second-order valence-electron chi connectivity index (χ2n) is 7.71. The van der Waals surface area contributed by atoms with E-state index in [4.69, 9.17) is 9.72 Å². The van der Waals surface area contributed by atoms with Gasteiger partial charge in [-0.2, -0.15) is 5.10 Å². The Hall–Kier alpha value is -2.21. The molecule has 1 saturated carbocycles. The summed E-state index contributed by atoms with van der Waals surface area (Å²) in [5.74, 6) is 2.63. The lowest BCUT2D eigenvalue weighted by atomic mass is 9.79. The van der Waals surface area contributed by atoms with Gasteiger partial charge in [-0.15, -0.1) is 0 Å². The van der Waals surface area contributed by atoms with Gasteiger partial charge in [0.15, 0.2) is 5.82 Å².